The van der Waals surface area contributed by atoms with Crippen LogP contribution >= 0.6 is 0 Å². The van der Waals surface area contributed by atoms with Crippen molar-refractivity contribution in [2.24, 2.45) is 28.6 Å². The van der Waals surface area contributed by atoms with E-state index in [1.807, 2.05) is 31.2 Å². The molecule has 258 valence electrons. The molecule has 1 aromatic carbocycles. The first kappa shape index (κ1) is 34.0. The molecule has 0 bridgehead atoms. The lowest BCUT2D eigenvalue weighted by Gasteiger charge is -2.60. The molecule has 0 saturated heterocycles. The van der Waals surface area contributed by atoms with E-state index >= 15 is 0 Å². The molecule has 0 aliphatic heterocycles. The minimum Gasteiger partial charge on any atom is -0.467 e. The molecule has 1 aromatic heterocycles. The molecule has 3 fully saturated rings. The van der Waals surface area contributed by atoms with E-state index in [1.165, 1.54) is 7.11 Å². The molecule has 1 heterocycles. The van der Waals surface area contributed by atoms with Crippen molar-refractivity contribution in [1.29, 1.82) is 0 Å². The first-order valence-electron chi connectivity index (χ1n) is 17.1. The van der Waals surface area contributed by atoms with E-state index in [4.69, 9.17) is 9.47 Å². The molecule has 6 rings (SSSR count). The zero-order chi connectivity index (χ0) is 34.4. The van der Waals surface area contributed by atoms with Gasteiger partial charge in [0.1, 0.15) is 11.6 Å². The Morgan fingerprint density at radius 2 is 1.85 bits per heavy atom. The van der Waals surface area contributed by atoms with Gasteiger partial charge in [0, 0.05) is 41.8 Å². The summed E-state index contributed by atoms with van der Waals surface area (Å²) >= 11 is 0. The van der Waals surface area contributed by atoms with Gasteiger partial charge < -0.3 is 30.0 Å². The number of carbonyl (C=O) groups excluding carboxylic acids is 5. The molecule has 0 spiro atoms. The lowest BCUT2D eigenvalue weighted by atomic mass is 9.45. The number of aromatic nitrogens is 1. The number of ketones is 2. The molecule has 11 nitrogen and oxygen atoms in total. The number of methoxy groups -OCH3 is 1. The molecule has 0 radical (unpaired) electrons. The standard InChI is InChI=1S/C37H46N2O9/c1-35-14-12-23(40)17-22(35)8-9-25-26-13-15-37(46,36(26,2)18-29(41)33(25)35)30(42)20-48-32(44)11-10-31(43)39-28(34(45)47-3)16-21-19-38-27-7-5-4-6-24(21)27/h4-7,17,19,25-26,28-29,33,38,41,46H,8-16,18,20H2,1-3H3,(H,39,43)/t25-,26-,28-,29-,33+,35-,36-,37-/m0/s1. The van der Waals surface area contributed by atoms with Gasteiger partial charge in [-0.2, -0.15) is 0 Å². The minimum atomic E-state index is -1.77. The van der Waals surface area contributed by atoms with Crippen molar-refractivity contribution in [1.82, 2.24) is 10.3 Å². The van der Waals surface area contributed by atoms with Crippen molar-refractivity contribution in [3.63, 3.8) is 0 Å². The Balaban J connectivity index is 1.04. The summed E-state index contributed by atoms with van der Waals surface area (Å²) in [6, 6.07) is 6.62. The number of hydrogen-bond donors (Lipinski definition) is 4. The van der Waals surface area contributed by atoms with E-state index in [0.717, 1.165) is 34.9 Å². The SMILES string of the molecule is COC(=O)[C@H](Cc1c[nH]c2ccccc12)NC(=O)CCC(=O)OCC(=O)[C@@]1(O)CC[C@H]2[C@@H]3CCC4=CC(=O)CC[C@]4(C)[C@H]3[C@@H](O)C[C@@]21C. The summed E-state index contributed by atoms with van der Waals surface area (Å²) in [5.41, 5.74) is -0.109. The molecule has 1 amide bonds. The molecule has 2 aromatic rings. The Bertz CT molecular complexity index is 1660. The molecule has 4 aliphatic carbocycles. The highest BCUT2D eigenvalue weighted by Crippen LogP contribution is 2.67. The van der Waals surface area contributed by atoms with E-state index in [2.05, 4.69) is 17.2 Å². The van der Waals surface area contributed by atoms with Crippen molar-refractivity contribution in [3.8, 4) is 0 Å². The van der Waals surface area contributed by atoms with Crippen molar-refractivity contribution in [3.05, 3.63) is 47.7 Å². The topological polar surface area (TPSA) is 172 Å². The van der Waals surface area contributed by atoms with Crippen LogP contribution in [0.2, 0.25) is 0 Å². The van der Waals surface area contributed by atoms with Gasteiger partial charge in [-0.05, 0) is 79.4 Å². The summed E-state index contributed by atoms with van der Waals surface area (Å²) in [7, 11) is 1.24. The molecule has 0 unspecified atom stereocenters. The maximum absolute atomic E-state index is 13.6. The number of nitrogens with one attached hydrogen (secondary N) is 2. The molecular weight excluding hydrogens is 616 g/mol. The number of amides is 1. The summed E-state index contributed by atoms with van der Waals surface area (Å²) in [6.45, 7) is 3.39. The fourth-order valence-electron chi connectivity index (χ4n) is 9.83. The van der Waals surface area contributed by atoms with Crippen LogP contribution in [0.5, 0.6) is 0 Å². The van der Waals surface area contributed by atoms with Gasteiger partial charge in [0.15, 0.2) is 12.4 Å². The number of fused-ring (bicyclic) bond motifs is 6. The number of aliphatic hydroxyl groups excluding tert-OH is 1. The third kappa shape index (κ3) is 5.78. The van der Waals surface area contributed by atoms with Crippen LogP contribution in [0.15, 0.2) is 42.1 Å². The van der Waals surface area contributed by atoms with Gasteiger partial charge in [0.2, 0.25) is 11.7 Å². The number of hydrogen-bond acceptors (Lipinski definition) is 9. The number of H-pyrrole nitrogens is 1. The number of aromatic amines is 1. The number of rotatable bonds is 10. The van der Waals surface area contributed by atoms with Gasteiger partial charge in [0.25, 0.3) is 0 Å². The second-order valence-corrected chi connectivity index (χ2v) is 14.8. The molecule has 3 saturated carbocycles. The van der Waals surface area contributed by atoms with Crippen molar-refractivity contribution in [2.45, 2.75) is 95.8 Å². The predicted octanol–water partition coefficient (Wildman–Crippen LogP) is 3.49. The summed E-state index contributed by atoms with van der Waals surface area (Å²) < 4.78 is 10.2. The summed E-state index contributed by atoms with van der Waals surface area (Å²) in [4.78, 5) is 66.7. The quantitative estimate of drug-likeness (QED) is 0.278. The number of aliphatic hydroxyl groups is 2. The molecule has 48 heavy (non-hydrogen) atoms. The number of esters is 2. The fourth-order valence-corrected chi connectivity index (χ4v) is 9.83. The number of carbonyl (C=O) groups is 5. The summed E-state index contributed by atoms with van der Waals surface area (Å²) in [5, 5.41) is 27.1. The van der Waals surface area contributed by atoms with Crippen LogP contribution in [0.1, 0.15) is 77.2 Å². The zero-order valence-corrected chi connectivity index (χ0v) is 27.9. The van der Waals surface area contributed by atoms with Crippen molar-refractivity contribution in [2.75, 3.05) is 13.7 Å². The van der Waals surface area contributed by atoms with Gasteiger partial charge in [-0.25, -0.2) is 4.79 Å². The highest BCUT2D eigenvalue weighted by molar-refractivity contribution is 5.93. The Hall–Kier alpha value is -3.83. The lowest BCUT2D eigenvalue weighted by molar-refractivity contribution is -0.184. The molecule has 8 atom stereocenters. The third-order valence-electron chi connectivity index (χ3n) is 12.3. The van der Waals surface area contributed by atoms with Gasteiger partial charge in [-0.3, -0.25) is 19.2 Å². The van der Waals surface area contributed by atoms with E-state index in [-0.39, 0.29) is 61.1 Å². The third-order valence-corrected chi connectivity index (χ3v) is 12.3. The average molecular weight is 663 g/mol. The van der Waals surface area contributed by atoms with Gasteiger partial charge in [-0.15, -0.1) is 0 Å². The van der Waals surface area contributed by atoms with Crippen molar-refractivity contribution < 1.29 is 43.7 Å². The van der Waals surface area contributed by atoms with Crippen LogP contribution in [-0.2, 0) is 39.9 Å². The van der Waals surface area contributed by atoms with Crippen LogP contribution in [-0.4, -0.2) is 76.1 Å². The number of allylic oxidation sites excluding steroid dienone is 1. The highest BCUT2D eigenvalue weighted by Gasteiger charge is 2.68. The Labute approximate surface area is 279 Å². The van der Waals surface area contributed by atoms with Gasteiger partial charge >= 0.3 is 11.9 Å². The largest absolute Gasteiger partial charge is 0.467 e. The molecule has 4 aliphatic rings. The average Bonchev–Trinajstić information content (AvgIpc) is 3.59. The van der Waals surface area contributed by atoms with E-state index < -0.39 is 53.4 Å². The van der Waals surface area contributed by atoms with Gasteiger partial charge in [-0.1, -0.05) is 37.6 Å². The number of para-hydroxylation sites is 1. The molecular formula is C37H46N2O9. The molecule has 11 heteroatoms. The second-order valence-electron chi connectivity index (χ2n) is 14.8. The predicted molar refractivity (Wildman–Crippen MR) is 174 cm³/mol. The maximum atomic E-state index is 13.6. The highest BCUT2D eigenvalue weighted by atomic mass is 16.5. The number of benzene rings is 1. The van der Waals surface area contributed by atoms with Crippen LogP contribution in [0.4, 0.5) is 0 Å². The first-order valence-corrected chi connectivity index (χ1v) is 17.1. The Morgan fingerprint density at radius 3 is 2.62 bits per heavy atom. The van der Waals surface area contributed by atoms with Crippen LogP contribution in [0.3, 0.4) is 0 Å². The minimum absolute atomic E-state index is 0.00210. The van der Waals surface area contributed by atoms with E-state index in [1.54, 1.807) is 12.3 Å². The maximum Gasteiger partial charge on any atom is 0.328 e. The number of Topliss-reactive ketones (excluding diaryl/α,β-unsaturated/α-hetero) is 1. The zero-order valence-electron chi connectivity index (χ0n) is 27.9. The Kier molecular flexibility index (Phi) is 9.14. The Morgan fingerprint density at radius 1 is 1.08 bits per heavy atom. The second kappa shape index (κ2) is 12.9. The van der Waals surface area contributed by atoms with Crippen LogP contribution in [0.25, 0.3) is 10.9 Å². The van der Waals surface area contributed by atoms with Gasteiger partial charge in [0.05, 0.1) is 19.6 Å². The van der Waals surface area contributed by atoms with Crippen LogP contribution < -0.4 is 5.32 Å². The first-order chi connectivity index (χ1) is 22.8. The molecule has 4 N–H and O–H groups in total. The van der Waals surface area contributed by atoms with Crippen LogP contribution in [0, 0.1) is 28.6 Å². The smallest absolute Gasteiger partial charge is 0.328 e. The monoisotopic (exact) mass is 662 g/mol. The summed E-state index contributed by atoms with van der Waals surface area (Å²) in [6.07, 6.45) is 6.19. The number of ether oxygens (including phenoxy) is 2. The fraction of sp³-hybridized carbons (Fsp3) is 0.595. The van der Waals surface area contributed by atoms with E-state index in [9.17, 15) is 34.2 Å². The summed E-state index contributed by atoms with van der Waals surface area (Å²) in [5.74, 6) is -2.36. The lowest BCUT2D eigenvalue weighted by Crippen LogP contribution is -2.62. The normalized spacial score (nSPS) is 33.1. The van der Waals surface area contributed by atoms with E-state index in [0.29, 0.717) is 19.3 Å². The van der Waals surface area contributed by atoms with Crippen molar-refractivity contribution >= 4 is 40.3 Å².